The van der Waals surface area contributed by atoms with Crippen molar-refractivity contribution in [2.45, 2.75) is 24.7 Å². The molecule has 0 aliphatic carbocycles. The first-order chi connectivity index (χ1) is 8.91. The van der Waals surface area contributed by atoms with E-state index in [1.165, 1.54) is 6.26 Å². The highest BCUT2D eigenvalue weighted by atomic mass is 32.2. The summed E-state index contributed by atoms with van der Waals surface area (Å²) in [6, 6.07) is 7.11. The van der Waals surface area contributed by atoms with E-state index in [2.05, 4.69) is 17.6 Å². The molecule has 0 amide bonds. The molecule has 19 heavy (non-hydrogen) atoms. The van der Waals surface area contributed by atoms with Crippen molar-refractivity contribution in [3.05, 3.63) is 24.3 Å². The molecule has 2 N–H and O–H groups in total. The molecule has 0 atom stereocenters. The summed E-state index contributed by atoms with van der Waals surface area (Å²) >= 11 is 0. The number of hydrogen-bond donors (Lipinski definition) is 2. The highest BCUT2D eigenvalue weighted by Crippen LogP contribution is 2.29. The Morgan fingerprint density at radius 1 is 1.26 bits per heavy atom. The standard InChI is InChI=1S/C14H22N2O2S/c1-14(7-9-15-10-8-14)11-16-12-5-3-4-6-13(12)19(2,17)18/h3-6,15-16H,7-11H2,1-2H3. The van der Waals surface area contributed by atoms with Gasteiger partial charge in [0, 0.05) is 12.8 Å². The molecular weight excluding hydrogens is 260 g/mol. The monoisotopic (exact) mass is 282 g/mol. The van der Waals surface area contributed by atoms with E-state index in [0.717, 1.165) is 32.5 Å². The fourth-order valence-corrected chi connectivity index (χ4v) is 3.32. The van der Waals surface area contributed by atoms with Crippen LogP contribution in [-0.2, 0) is 9.84 Å². The van der Waals surface area contributed by atoms with Crippen LogP contribution in [0, 0.1) is 5.41 Å². The van der Waals surface area contributed by atoms with E-state index in [9.17, 15) is 8.42 Å². The van der Waals surface area contributed by atoms with Gasteiger partial charge < -0.3 is 10.6 Å². The molecule has 1 aliphatic rings. The Labute approximate surface area is 115 Å². The maximum Gasteiger partial charge on any atom is 0.177 e. The van der Waals surface area contributed by atoms with Crippen LogP contribution in [0.4, 0.5) is 5.69 Å². The lowest BCUT2D eigenvalue weighted by Gasteiger charge is -2.34. The number of rotatable bonds is 4. The van der Waals surface area contributed by atoms with E-state index in [0.29, 0.717) is 10.6 Å². The van der Waals surface area contributed by atoms with Gasteiger partial charge in [0.05, 0.1) is 10.6 Å². The lowest BCUT2D eigenvalue weighted by Crippen LogP contribution is -2.39. The number of sulfone groups is 1. The summed E-state index contributed by atoms with van der Waals surface area (Å²) in [7, 11) is -3.18. The van der Waals surface area contributed by atoms with Gasteiger partial charge in [0.25, 0.3) is 0 Å². The molecule has 1 saturated heterocycles. The average Bonchev–Trinajstić information content (AvgIpc) is 2.37. The van der Waals surface area contributed by atoms with Crippen LogP contribution in [-0.4, -0.2) is 34.3 Å². The maximum atomic E-state index is 11.7. The van der Waals surface area contributed by atoms with Gasteiger partial charge in [-0.15, -0.1) is 0 Å². The van der Waals surface area contributed by atoms with Gasteiger partial charge in [-0.05, 0) is 43.5 Å². The van der Waals surface area contributed by atoms with Gasteiger partial charge in [0.1, 0.15) is 0 Å². The Bertz CT molecular complexity index is 534. The number of hydrogen-bond acceptors (Lipinski definition) is 4. The Balaban J connectivity index is 2.12. The van der Waals surface area contributed by atoms with E-state index >= 15 is 0 Å². The lowest BCUT2D eigenvalue weighted by molar-refractivity contribution is 0.247. The van der Waals surface area contributed by atoms with Crippen LogP contribution < -0.4 is 10.6 Å². The summed E-state index contributed by atoms with van der Waals surface area (Å²) in [5.41, 5.74) is 0.945. The fraction of sp³-hybridized carbons (Fsp3) is 0.571. The van der Waals surface area contributed by atoms with Crippen LogP contribution in [0.2, 0.25) is 0 Å². The van der Waals surface area contributed by atoms with Crippen molar-refractivity contribution in [2.24, 2.45) is 5.41 Å². The summed E-state index contributed by atoms with van der Waals surface area (Å²) in [4.78, 5) is 0.382. The van der Waals surface area contributed by atoms with Gasteiger partial charge >= 0.3 is 0 Å². The van der Waals surface area contributed by atoms with Crippen molar-refractivity contribution in [2.75, 3.05) is 31.2 Å². The molecule has 1 aliphatic heterocycles. The smallest absolute Gasteiger partial charge is 0.177 e. The minimum atomic E-state index is -3.18. The first-order valence-corrected chi connectivity index (χ1v) is 8.54. The molecule has 2 rings (SSSR count). The Morgan fingerprint density at radius 2 is 1.89 bits per heavy atom. The predicted molar refractivity (Wildman–Crippen MR) is 78.3 cm³/mol. The van der Waals surface area contributed by atoms with Crippen molar-refractivity contribution in [1.29, 1.82) is 0 Å². The zero-order valence-corrected chi connectivity index (χ0v) is 12.4. The molecule has 0 unspecified atom stereocenters. The van der Waals surface area contributed by atoms with Crippen molar-refractivity contribution >= 4 is 15.5 Å². The van der Waals surface area contributed by atoms with Crippen LogP contribution in [0.3, 0.4) is 0 Å². The third-order valence-corrected chi connectivity index (χ3v) is 4.96. The summed E-state index contributed by atoms with van der Waals surface area (Å²) in [6.07, 6.45) is 3.47. The zero-order valence-electron chi connectivity index (χ0n) is 11.6. The molecule has 1 aromatic carbocycles. The van der Waals surface area contributed by atoms with E-state index < -0.39 is 9.84 Å². The van der Waals surface area contributed by atoms with E-state index in [1.54, 1.807) is 12.1 Å². The van der Waals surface area contributed by atoms with Gasteiger partial charge in [0.15, 0.2) is 9.84 Å². The van der Waals surface area contributed by atoms with Gasteiger partial charge in [-0.3, -0.25) is 0 Å². The normalized spacial score (nSPS) is 19.1. The summed E-state index contributed by atoms with van der Waals surface area (Å²) in [6.45, 7) is 5.13. The lowest BCUT2D eigenvalue weighted by atomic mass is 9.81. The quantitative estimate of drug-likeness (QED) is 0.885. The third kappa shape index (κ3) is 3.70. The molecule has 0 aromatic heterocycles. The van der Waals surface area contributed by atoms with E-state index in [4.69, 9.17) is 0 Å². The van der Waals surface area contributed by atoms with Crippen LogP contribution >= 0.6 is 0 Å². The molecule has 1 heterocycles. The van der Waals surface area contributed by atoms with Crippen molar-refractivity contribution in [1.82, 2.24) is 5.32 Å². The molecular formula is C14H22N2O2S. The van der Waals surface area contributed by atoms with Crippen LogP contribution in [0.25, 0.3) is 0 Å². The van der Waals surface area contributed by atoms with Gasteiger partial charge in [-0.25, -0.2) is 8.42 Å². The molecule has 5 heteroatoms. The first kappa shape index (κ1) is 14.3. The molecule has 4 nitrogen and oxygen atoms in total. The maximum absolute atomic E-state index is 11.7. The van der Waals surface area contributed by atoms with Crippen molar-refractivity contribution < 1.29 is 8.42 Å². The predicted octanol–water partition coefficient (Wildman–Crippen LogP) is 1.89. The summed E-state index contributed by atoms with van der Waals surface area (Å²) in [5.74, 6) is 0. The average molecular weight is 282 g/mol. The van der Waals surface area contributed by atoms with Gasteiger partial charge in [-0.2, -0.15) is 0 Å². The highest BCUT2D eigenvalue weighted by molar-refractivity contribution is 7.90. The second-order valence-corrected chi connectivity index (χ2v) is 7.67. The Hall–Kier alpha value is -1.07. The SMILES string of the molecule is CC1(CNc2ccccc2S(C)(=O)=O)CCNCC1. The molecule has 0 bridgehead atoms. The van der Waals surface area contributed by atoms with E-state index in [1.807, 2.05) is 12.1 Å². The van der Waals surface area contributed by atoms with E-state index in [-0.39, 0.29) is 5.41 Å². The van der Waals surface area contributed by atoms with Gasteiger partial charge in [0.2, 0.25) is 0 Å². The minimum Gasteiger partial charge on any atom is -0.383 e. The van der Waals surface area contributed by atoms with Crippen LogP contribution in [0.1, 0.15) is 19.8 Å². The molecule has 106 valence electrons. The number of benzene rings is 1. The third-order valence-electron chi connectivity index (χ3n) is 3.80. The molecule has 1 aromatic rings. The first-order valence-electron chi connectivity index (χ1n) is 6.64. The Kier molecular flexibility index (Phi) is 4.16. The summed E-state index contributed by atoms with van der Waals surface area (Å²) in [5, 5.41) is 6.67. The number of para-hydroxylation sites is 1. The minimum absolute atomic E-state index is 0.232. The highest BCUT2D eigenvalue weighted by Gasteiger charge is 2.26. The second kappa shape index (κ2) is 5.51. The fourth-order valence-electron chi connectivity index (χ4n) is 2.45. The second-order valence-electron chi connectivity index (χ2n) is 5.68. The van der Waals surface area contributed by atoms with Crippen molar-refractivity contribution in [3.63, 3.8) is 0 Å². The molecule has 1 fully saturated rings. The number of anilines is 1. The molecule has 0 radical (unpaired) electrons. The number of piperidine rings is 1. The van der Waals surface area contributed by atoms with Crippen molar-refractivity contribution in [3.8, 4) is 0 Å². The molecule has 0 spiro atoms. The Morgan fingerprint density at radius 3 is 2.53 bits per heavy atom. The summed E-state index contributed by atoms with van der Waals surface area (Å²) < 4.78 is 23.5. The van der Waals surface area contributed by atoms with Gasteiger partial charge in [-0.1, -0.05) is 19.1 Å². The number of nitrogens with one attached hydrogen (secondary N) is 2. The zero-order chi connectivity index (χ0) is 13.9. The topological polar surface area (TPSA) is 58.2 Å². The van der Waals surface area contributed by atoms with Crippen LogP contribution in [0.5, 0.6) is 0 Å². The van der Waals surface area contributed by atoms with Crippen LogP contribution in [0.15, 0.2) is 29.2 Å². The molecule has 0 saturated carbocycles. The largest absolute Gasteiger partial charge is 0.383 e.